The zero-order chi connectivity index (χ0) is 11.5. The maximum Gasteiger partial charge on any atom is 0.261 e. The first-order chi connectivity index (χ1) is 7.66. The van der Waals surface area contributed by atoms with Crippen molar-refractivity contribution in [3.63, 3.8) is 0 Å². The summed E-state index contributed by atoms with van der Waals surface area (Å²) in [5.74, 6) is 0.531. The topological polar surface area (TPSA) is 70.7 Å². The number of carbonyl (C=O) groups excluding carboxylic acids is 1. The first-order valence-corrected chi connectivity index (χ1v) is 6.19. The number of thiophene rings is 1. The molecule has 0 radical (unpaired) electrons. The van der Waals surface area contributed by atoms with Crippen LogP contribution < -0.4 is 5.32 Å². The van der Waals surface area contributed by atoms with Crippen LogP contribution in [0.25, 0.3) is 0 Å². The molecule has 2 heterocycles. The summed E-state index contributed by atoms with van der Waals surface area (Å²) in [7, 11) is 0. The van der Waals surface area contributed by atoms with Crippen LogP contribution in [0.3, 0.4) is 0 Å². The largest absolute Gasteiger partial charge is 0.342 e. The van der Waals surface area contributed by atoms with Crippen molar-refractivity contribution in [2.45, 2.75) is 13.0 Å². The van der Waals surface area contributed by atoms with E-state index in [1.54, 1.807) is 6.07 Å². The number of H-pyrrole nitrogens is 1. The van der Waals surface area contributed by atoms with E-state index in [1.807, 2.05) is 13.0 Å². The number of hydrogen-bond acceptors (Lipinski definition) is 4. The number of aromatic amines is 1. The second-order valence-corrected chi connectivity index (χ2v) is 5.63. The van der Waals surface area contributed by atoms with Gasteiger partial charge in [-0.05, 0) is 35.0 Å². The molecule has 0 bridgehead atoms. The van der Waals surface area contributed by atoms with Gasteiger partial charge in [-0.1, -0.05) is 0 Å². The lowest BCUT2D eigenvalue weighted by atomic mass is 10.3. The lowest BCUT2D eigenvalue weighted by Crippen LogP contribution is -2.26. The average molecular weight is 301 g/mol. The first kappa shape index (κ1) is 11.3. The maximum absolute atomic E-state index is 11.8. The Hall–Kier alpha value is -1.21. The van der Waals surface area contributed by atoms with E-state index < -0.39 is 0 Å². The Balaban J connectivity index is 2.03. The molecule has 2 rings (SSSR count). The molecule has 1 atom stereocenters. The highest BCUT2D eigenvalue weighted by molar-refractivity contribution is 9.11. The van der Waals surface area contributed by atoms with Gasteiger partial charge in [0.1, 0.15) is 12.2 Å². The highest BCUT2D eigenvalue weighted by Gasteiger charge is 2.14. The van der Waals surface area contributed by atoms with Gasteiger partial charge in [0.25, 0.3) is 5.91 Å². The van der Waals surface area contributed by atoms with Gasteiger partial charge >= 0.3 is 0 Å². The SMILES string of the molecule is CC(NC(=O)c1ccc(Br)s1)c1ncn[nH]1. The number of nitrogens with one attached hydrogen (secondary N) is 2. The van der Waals surface area contributed by atoms with Gasteiger partial charge in [0.05, 0.1) is 14.7 Å². The fourth-order valence-corrected chi connectivity index (χ4v) is 2.49. The van der Waals surface area contributed by atoms with E-state index in [2.05, 4.69) is 36.4 Å². The van der Waals surface area contributed by atoms with Crippen LogP contribution in [0, 0.1) is 0 Å². The molecular weight excluding hydrogens is 292 g/mol. The molecule has 0 aromatic carbocycles. The van der Waals surface area contributed by atoms with E-state index in [9.17, 15) is 4.79 Å². The number of aromatic nitrogens is 3. The van der Waals surface area contributed by atoms with Crippen LogP contribution >= 0.6 is 27.3 Å². The van der Waals surface area contributed by atoms with Gasteiger partial charge in [-0.25, -0.2) is 4.98 Å². The Kier molecular flexibility index (Phi) is 3.35. The number of amides is 1. The molecule has 0 spiro atoms. The van der Waals surface area contributed by atoms with Crippen LogP contribution in [0.1, 0.15) is 28.5 Å². The Morgan fingerprint density at radius 3 is 3.00 bits per heavy atom. The Morgan fingerprint density at radius 1 is 1.62 bits per heavy atom. The molecule has 0 saturated heterocycles. The standard InChI is InChI=1S/C9H9BrN4OS/c1-5(8-11-4-12-14-8)13-9(15)6-2-3-7(10)16-6/h2-5H,1H3,(H,13,15)(H,11,12,14). The van der Waals surface area contributed by atoms with Crippen molar-refractivity contribution in [1.29, 1.82) is 0 Å². The van der Waals surface area contributed by atoms with Crippen LogP contribution in [0.15, 0.2) is 22.2 Å². The van der Waals surface area contributed by atoms with Crippen molar-refractivity contribution in [3.05, 3.63) is 32.9 Å². The summed E-state index contributed by atoms with van der Waals surface area (Å²) >= 11 is 4.71. The van der Waals surface area contributed by atoms with Crippen LogP contribution in [-0.4, -0.2) is 21.1 Å². The normalized spacial score (nSPS) is 12.4. The van der Waals surface area contributed by atoms with E-state index >= 15 is 0 Å². The molecule has 0 aliphatic heterocycles. The summed E-state index contributed by atoms with van der Waals surface area (Å²) in [6.45, 7) is 1.85. The zero-order valence-corrected chi connectivity index (χ0v) is 10.8. The molecule has 1 unspecified atom stereocenters. The molecule has 0 aliphatic carbocycles. The number of rotatable bonds is 3. The predicted octanol–water partition coefficient (Wildman–Crippen LogP) is 2.12. The van der Waals surface area contributed by atoms with Gasteiger partial charge in [-0.15, -0.1) is 11.3 Å². The number of carbonyl (C=O) groups is 1. The minimum Gasteiger partial charge on any atom is -0.342 e. The monoisotopic (exact) mass is 300 g/mol. The summed E-state index contributed by atoms with van der Waals surface area (Å²) in [6, 6.07) is 3.44. The first-order valence-electron chi connectivity index (χ1n) is 4.58. The van der Waals surface area contributed by atoms with Crippen molar-refractivity contribution >= 4 is 33.2 Å². The second kappa shape index (κ2) is 4.75. The van der Waals surface area contributed by atoms with Gasteiger partial charge in [0, 0.05) is 0 Å². The summed E-state index contributed by atoms with van der Waals surface area (Å²) in [5, 5.41) is 9.28. The Labute approximate surface area is 104 Å². The molecule has 2 aromatic rings. The third kappa shape index (κ3) is 2.48. The fourth-order valence-electron chi connectivity index (χ4n) is 1.20. The van der Waals surface area contributed by atoms with Crippen molar-refractivity contribution in [1.82, 2.24) is 20.5 Å². The highest BCUT2D eigenvalue weighted by atomic mass is 79.9. The van der Waals surface area contributed by atoms with E-state index in [4.69, 9.17) is 0 Å². The molecule has 84 valence electrons. The second-order valence-electron chi connectivity index (χ2n) is 3.17. The lowest BCUT2D eigenvalue weighted by Gasteiger charge is -2.09. The average Bonchev–Trinajstić information content (AvgIpc) is 2.87. The predicted molar refractivity (Wildman–Crippen MR) is 64.3 cm³/mol. The van der Waals surface area contributed by atoms with Gasteiger partial charge in [0.15, 0.2) is 0 Å². The molecule has 16 heavy (non-hydrogen) atoms. The van der Waals surface area contributed by atoms with Crippen LogP contribution in [0.4, 0.5) is 0 Å². The Morgan fingerprint density at radius 2 is 2.44 bits per heavy atom. The zero-order valence-electron chi connectivity index (χ0n) is 8.40. The summed E-state index contributed by atoms with van der Waals surface area (Å²) in [5.41, 5.74) is 0. The minimum atomic E-state index is -0.184. The summed E-state index contributed by atoms with van der Waals surface area (Å²) in [4.78, 5) is 16.4. The van der Waals surface area contributed by atoms with E-state index in [1.165, 1.54) is 17.7 Å². The van der Waals surface area contributed by atoms with Crippen LogP contribution in [0.2, 0.25) is 0 Å². The quantitative estimate of drug-likeness (QED) is 0.912. The summed E-state index contributed by atoms with van der Waals surface area (Å²) in [6.07, 6.45) is 1.42. The Bertz CT molecular complexity index is 481. The fraction of sp³-hybridized carbons (Fsp3) is 0.222. The maximum atomic E-state index is 11.8. The van der Waals surface area contributed by atoms with Gasteiger partial charge in [-0.2, -0.15) is 5.10 Å². The van der Waals surface area contributed by atoms with Crippen LogP contribution in [0.5, 0.6) is 0 Å². The number of halogens is 1. The molecule has 0 aliphatic rings. The lowest BCUT2D eigenvalue weighted by molar-refractivity contribution is 0.0942. The molecule has 7 heteroatoms. The van der Waals surface area contributed by atoms with Crippen molar-refractivity contribution in [3.8, 4) is 0 Å². The van der Waals surface area contributed by atoms with Gasteiger partial charge in [-0.3, -0.25) is 9.89 Å². The van der Waals surface area contributed by atoms with Gasteiger partial charge in [0.2, 0.25) is 0 Å². The molecule has 0 saturated carbocycles. The molecule has 2 aromatic heterocycles. The van der Waals surface area contributed by atoms with Crippen LogP contribution in [-0.2, 0) is 0 Å². The van der Waals surface area contributed by atoms with E-state index in [0.717, 1.165) is 3.79 Å². The van der Waals surface area contributed by atoms with Gasteiger partial charge < -0.3 is 5.32 Å². The van der Waals surface area contributed by atoms with E-state index in [0.29, 0.717) is 10.7 Å². The van der Waals surface area contributed by atoms with E-state index in [-0.39, 0.29) is 11.9 Å². The molecule has 0 fully saturated rings. The van der Waals surface area contributed by atoms with Crippen molar-refractivity contribution in [2.75, 3.05) is 0 Å². The molecule has 1 amide bonds. The minimum absolute atomic E-state index is 0.111. The smallest absolute Gasteiger partial charge is 0.261 e. The van der Waals surface area contributed by atoms with Crippen molar-refractivity contribution < 1.29 is 4.79 Å². The summed E-state index contributed by atoms with van der Waals surface area (Å²) < 4.78 is 0.935. The number of nitrogens with zero attached hydrogens (tertiary/aromatic N) is 2. The third-order valence-corrected chi connectivity index (χ3v) is 3.61. The molecule has 2 N–H and O–H groups in total. The highest BCUT2D eigenvalue weighted by Crippen LogP contribution is 2.22. The molecular formula is C9H9BrN4OS. The van der Waals surface area contributed by atoms with Crippen molar-refractivity contribution in [2.24, 2.45) is 0 Å². The number of hydrogen-bond donors (Lipinski definition) is 2. The third-order valence-electron chi connectivity index (χ3n) is 1.99. The molecule has 5 nitrogen and oxygen atoms in total.